The first-order valence-electron chi connectivity index (χ1n) is 9.43. The second kappa shape index (κ2) is 9.89. The summed E-state index contributed by atoms with van der Waals surface area (Å²) >= 11 is 5.96. The SMILES string of the molecule is CNC(=O)C(c1ccccc1)N(Cc1ccccc1)C(=O)Cc1ccc(Cl)cc1. The van der Waals surface area contributed by atoms with Crippen LogP contribution < -0.4 is 5.32 Å². The van der Waals surface area contributed by atoms with Crippen molar-refractivity contribution in [2.75, 3.05) is 7.05 Å². The van der Waals surface area contributed by atoms with Gasteiger partial charge in [-0.2, -0.15) is 0 Å². The minimum atomic E-state index is -0.721. The molecule has 4 nitrogen and oxygen atoms in total. The molecule has 0 aliphatic carbocycles. The van der Waals surface area contributed by atoms with Crippen LogP contribution in [0.2, 0.25) is 5.02 Å². The number of amides is 2. The van der Waals surface area contributed by atoms with E-state index in [4.69, 9.17) is 11.6 Å². The summed E-state index contributed by atoms with van der Waals surface area (Å²) < 4.78 is 0. The van der Waals surface area contributed by atoms with Gasteiger partial charge >= 0.3 is 0 Å². The van der Waals surface area contributed by atoms with Crippen molar-refractivity contribution >= 4 is 23.4 Å². The minimum Gasteiger partial charge on any atom is -0.357 e. The summed E-state index contributed by atoms with van der Waals surface area (Å²) in [7, 11) is 1.59. The topological polar surface area (TPSA) is 49.4 Å². The molecule has 148 valence electrons. The molecular formula is C24H23ClN2O2. The molecule has 0 aromatic heterocycles. The fourth-order valence-electron chi connectivity index (χ4n) is 3.23. The number of hydrogen-bond acceptors (Lipinski definition) is 2. The first-order valence-corrected chi connectivity index (χ1v) is 9.80. The van der Waals surface area contributed by atoms with Crippen molar-refractivity contribution in [2.24, 2.45) is 0 Å². The molecule has 29 heavy (non-hydrogen) atoms. The van der Waals surface area contributed by atoms with Crippen molar-refractivity contribution in [1.82, 2.24) is 10.2 Å². The summed E-state index contributed by atoms with van der Waals surface area (Å²) in [5, 5.41) is 3.33. The van der Waals surface area contributed by atoms with E-state index in [0.29, 0.717) is 11.6 Å². The Labute approximate surface area is 176 Å². The quantitative estimate of drug-likeness (QED) is 0.632. The Hall–Kier alpha value is -3.11. The highest BCUT2D eigenvalue weighted by molar-refractivity contribution is 6.30. The lowest BCUT2D eigenvalue weighted by Crippen LogP contribution is -2.43. The Bertz CT molecular complexity index is 944. The van der Waals surface area contributed by atoms with Crippen molar-refractivity contribution in [3.05, 3.63) is 107 Å². The lowest BCUT2D eigenvalue weighted by atomic mass is 10.0. The monoisotopic (exact) mass is 406 g/mol. The van der Waals surface area contributed by atoms with E-state index in [-0.39, 0.29) is 18.2 Å². The summed E-state index contributed by atoms with van der Waals surface area (Å²) in [6, 6.07) is 25.5. The largest absolute Gasteiger partial charge is 0.357 e. The van der Waals surface area contributed by atoms with Gasteiger partial charge in [0.25, 0.3) is 0 Å². The number of benzene rings is 3. The molecule has 0 aliphatic heterocycles. The van der Waals surface area contributed by atoms with Crippen LogP contribution in [-0.2, 0) is 22.6 Å². The molecular weight excluding hydrogens is 384 g/mol. The number of halogens is 1. The Morgan fingerprint density at radius 1 is 0.862 bits per heavy atom. The van der Waals surface area contributed by atoms with Gasteiger partial charge in [0.2, 0.25) is 11.8 Å². The molecule has 1 unspecified atom stereocenters. The summed E-state index contributed by atoms with van der Waals surface area (Å²) in [5.74, 6) is -0.356. The number of hydrogen-bond donors (Lipinski definition) is 1. The van der Waals surface area contributed by atoms with E-state index in [1.807, 2.05) is 72.8 Å². The van der Waals surface area contributed by atoms with Gasteiger partial charge in [0.15, 0.2) is 0 Å². The molecule has 3 aromatic rings. The zero-order valence-corrected chi connectivity index (χ0v) is 17.0. The van der Waals surface area contributed by atoms with E-state index in [1.54, 1.807) is 24.1 Å². The molecule has 1 atom stereocenters. The summed E-state index contributed by atoms with van der Waals surface area (Å²) in [5.41, 5.74) is 2.58. The summed E-state index contributed by atoms with van der Waals surface area (Å²) in [6.07, 6.45) is 0.185. The van der Waals surface area contributed by atoms with Crippen molar-refractivity contribution in [3.8, 4) is 0 Å². The Kier molecular flexibility index (Phi) is 7.04. The average Bonchev–Trinajstić information content (AvgIpc) is 2.76. The highest BCUT2D eigenvalue weighted by Crippen LogP contribution is 2.25. The molecule has 3 aromatic carbocycles. The van der Waals surface area contributed by atoms with Crippen molar-refractivity contribution in [2.45, 2.75) is 19.0 Å². The fraction of sp³-hybridized carbons (Fsp3) is 0.167. The second-order valence-corrected chi connectivity index (χ2v) is 7.17. The highest BCUT2D eigenvalue weighted by atomic mass is 35.5. The Morgan fingerprint density at radius 2 is 1.45 bits per heavy atom. The molecule has 0 bridgehead atoms. The maximum atomic E-state index is 13.4. The smallest absolute Gasteiger partial charge is 0.247 e. The predicted octanol–water partition coefficient (Wildman–Crippen LogP) is 4.40. The van der Waals surface area contributed by atoms with Gasteiger partial charge in [-0.15, -0.1) is 0 Å². The fourth-order valence-corrected chi connectivity index (χ4v) is 3.35. The van der Waals surface area contributed by atoms with Gasteiger partial charge < -0.3 is 10.2 Å². The van der Waals surface area contributed by atoms with Crippen LogP contribution in [0, 0.1) is 0 Å². The third kappa shape index (κ3) is 5.46. The Balaban J connectivity index is 1.96. The number of nitrogens with one attached hydrogen (secondary N) is 1. The molecule has 0 fully saturated rings. The number of nitrogens with zero attached hydrogens (tertiary/aromatic N) is 1. The zero-order valence-electron chi connectivity index (χ0n) is 16.2. The third-order valence-electron chi connectivity index (χ3n) is 4.71. The third-order valence-corrected chi connectivity index (χ3v) is 4.96. The molecule has 1 N–H and O–H groups in total. The first kappa shape index (κ1) is 20.6. The van der Waals surface area contributed by atoms with Gasteiger partial charge in [-0.25, -0.2) is 0 Å². The van der Waals surface area contributed by atoms with Gasteiger partial charge in [-0.3, -0.25) is 9.59 Å². The van der Waals surface area contributed by atoms with Crippen LogP contribution >= 0.6 is 11.6 Å². The average molecular weight is 407 g/mol. The lowest BCUT2D eigenvalue weighted by Gasteiger charge is -2.31. The standard InChI is InChI=1S/C24H23ClN2O2/c1-26-24(29)23(20-10-6-3-7-11-20)27(17-19-8-4-2-5-9-19)22(28)16-18-12-14-21(25)15-13-18/h2-15,23H,16-17H2,1H3,(H,26,29). The van der Waals surface area contributed by atoms with Gasteiger partial charge in [0.1, 0.15) is 6.04 Å². The van der Waals surface area contributed by atoms with Crippen molar-refractivity contribution in [3.63, 3.8) is 0 Å². The maximum absolute atomic E-state index is 13.4. The summed E-state index contributed by atoms with van der Waals surface area (Å²) in [6.45, 7) is 0.334. The number of likely N-dealkylation sites (N-methyl/N-ethyl adjacent to an activating group) is 1. The van der Waals surface area contributed by atoms with Crippen LogP contribution in [-0.4, -0.2) is 23.8 Å². The number of rotatable bonds is 7. The molecule has 0 heterocycles. The van der Waals surface area contributed by atoms with Crippen LogP contribution in [0.4, 0.5) is 0 Å². The van der Waals surface area contributed by atoms with Gasteiger partial charge in [-0.05, 0) is 28.8 Å². The molecule has 0 radical (unpaired) electrons. The summed E-state index contributed by atoms with van der Waals surface area (Å²) in [4.78, 5) is 27.8. The van der Waals surface area contributed by atoms with E-state index >= 15 is 0 Å². The van der Waals surface area contributed by atoms with E-state index < -0.39 is 6.04 Å². The first-order chi connectivity index (χ1) is 14.1. The molecule has 3 rings (SSSR count). The minimum absolute atomic E-state index is 0.131. The molecule has 0 saturated carbocycles. The molecule has 2 amide bonds. The van der Waals surface area contributed by atoms with Crippen molar-refractivity contribution in [1.29, 1.82) is 0 Å². The van der Waals surface area contributed by atoms with E-state index in [2.05, 4.69) is 5.32 Å². The van der Waals surface area contributed by atoms with Crippen LogP contribution in [0.25, 0.3) is 0 Å². The van der Waals surface area contributed by atoms with Crippen molar-refractivity contribution < 1.29 is 9.59 Å². The van der Waals surface area contributed by atoms with E-state index in [1.165, 1.54) is 0 Å². The zero-order chi connectivity index (χ0) is 20.6. The molecule has 5 heteroatoms. The van der Waals surface area contributed by atoms with E-state index in [9.17, 15) is 9.59 Å². The van der Waals surface area contributed by atoms with E-state index in [0.717, 1.165) is 16.7 Å². The number of carbonyl (C=O) groups excluding carboxylic acids is 2. The maximum Gasteiger partial charge on any atom is 0.247 e. The van der Waals surface area contributed by atoms with Crippen LogP contribution in [0.5, 0.6) is 0 Å². The Morgan fingerprint density at radius 3 is 2.03 bits per heavy atom. The normalized spacial score (nSPS) is 11.5. The van der Waals surface area contributed by atoms with Gasteiger partial charge in [0, 0.05) is 18.6 Å². The van der Waals surface area contributed by atoms with Crippen LogP contribution in [0.15, 0.2) is 84.9 Å². The van der Waals surface area contributed by atoms with Crippen LogP contribution in [0.3, 0.4) is 0 Å². The second-order valence-electron chi connectivity index (χ2n) is 6.74. The highest BCUT2D eigenvalue weighted by Gasteiger charge is 2.30. The number of carbonyl (C=O) groups is 2. The lowest BCUT2D eigenvalue weighted by molar-refractivity contribution is -0.141. The van der Waals surface area contributed by atoms with Gasteiger partial charge in [-0.1, -0.05) is 84.4 Å². The molecule has 0 aliphatic rings. The molecule has 0 saturated heterocycles. The molecule has 0 spiro atoms. The van der Waals surface area contributed by atoms with Gasteiger partial charge in [0.05, 0.1) is 6.42 Å². The predicted molar refractivity (Wildman–Crippen MR) is 115 cm³/mol. The van der Waals surface area contributed by atoms with Crippen LogP contribution in [0.1, 0.15) is 22.7 Å².